The van der Waals surface area contributed by atoms with Crippen LogP contribution in [0.25, 0.3) is 0 Å². The summed E-state index contributed by atoms with van der Waals surface area (Å²) in [6, 6.07) is 17.8. The van der Waals surface area contributed by atoms with Crippen molar-refractivity contribution in [2.24, 2.45) is 0 Å². The lowest BCUT2D eigenvalue weighted by molar-refractivity contribution is 0.103. The molecular weight excluding hydrogens is 342 g/mol. The van der Waals surface area contributed by atoms with E-state index in [4.69, 9.17) is 4.74 Å². The normalized spacial score (nSPS) is 10.8. The van der Waals surface area contributed by atoms with E-state index in [1.807, 2.05) is 54.8 Å². The van der Waals surface area contributed by atoms with Crippen LogP contribution in [0.15, 0.2) is 60.0 Å². The molecule has 134 valence electrons. The molecule has 1 heterocycles. The van der Waals surface area contributed by atoms with E-state index in [0.29, 0.717) is 17.4 Å². The monoisotopic (exact) mass is 365 g/mol. The Morgan fingerprint density at radius 1 is 1.08 bits per heavy atom. The van der Waals surface area contributed by atoms with Gasteiger partial charge >= 0.3 is 0 Å². The quantitative estimate of drug-likeness (QED) is 0.581. The Morgan fingerprint density at radius 3 is 2.42 bits per heavy atom. The van der Waals surface area contributed by atoms with Gasteiger partial charge in [-0.15, -0.1) is 11.3 Å². The molecule has 0 atom stereocenters. The lowest BCUT2D eigenvalue weighted by Crippen LogP contribution is -2.10. The Bertz CT molecular complexity index is 864. The first kappa shape index (κ1) is 18.2. The van der Waals surface area contributed by atoms with Crippen LogP contribution in [-0.2, 0) is 6.61 Å². The molecule has 0 unspecified atom stereocenters. The zero-order chi connectivity index (χ0) is 18.5. The zero-order valence-corrected chi connectivity index (χ0v) is 16.1. The highest BCUT2D eigenvalue weighted by molar-refractivity contribution is 7.12. The highest BCUT2D eigenvalue weighted by Gasteiger charge is 2.10. The van der Waals surface area contributed by atoms with Crippen LogP contribution in [0.2, 0.25) is 0 Å². The molecule has 0 aliphatic carbocycles. The second-order valence-electron chi connectivity index (χ2n) is 6.65. The summed E-state index contributed by atoms with van der Waals surface area (Å²) in [6.45, 7) is 6.80. The molecule has 26 heavy (non-hydrogen) atoms. The number of nitrogens with one attached hydrogen (secondary N) is 1. The highest BCUT2D eigenvalue weighted by atomic mass is 32.1. The van der Waals surface area contributed by atoms with Crippen LogP contribution in [0.3, 0.4) is 0 Å². The van der Waals surface area contributed by atoms with Crippen LogP contribution >= 0.6 is 11.3 Å². The molecule has 0 aliphatic rings. The number of carbonyl (C=O) groups is 1. The van der Waals surface area contributed by atoms with Gasteiger partial charge in [0.15, 0.2) is 0 Å². The number of ether oxygens (including phenoxy) is 1. The van der Waals surface area contributed by atoms with Crippen LogP contribution in [-0.4, -0.2) is 5.91 Å². The maximum absolute atomic E-state index is 12.4. The Hall–Kier alpha value is -2.59. The van der Waals surface area contributed by atoms with Crippen molar-refractivity contribution in [2.45, 2.75) is 33.3 Å². The van der Waals surface area contributed by atoms with Gasteiger partial charge in [-0.25, -0.2) is 0 Å². The molecule has 4 heteroatoms. The van der Waals surface area contributed by atoms with E-state index in [2.05, 4.69) is 31.3 Å². The molecule has 3 aromatic rings. The van der Waals surface area contributed by atoms with Gasteiger partial charge < -0.3 is 10.1 Å². The van der Waals surface area contributed by atoms with Crippen LogP contribution in [0, 0.1) is 6.92 Å². The van der Waals surface area contributed by atoms with Crippen LogP contribution in [0.4, 0.5) is 5.69 Å². The Balaban J connectivity index is 1.58. The molecule has 0 fully saturated rings. The van der Waals surface area contributed by atoms with Crippen molar-refractivity contribution >= 4 is 22.9 Å². The fourth-order valence-electron chi connectivity index (χ4n) is 2.52. The van der Waals surface area contributed by atoms with Crippen molar-refractivity contribution < 1.29 is 9.53 Å². The minimum Gasteiger partial charge on any atom is -0.489 e. The summed E-state index contributed by atoms with van der Waals surface area (Å²) in [5.74, 6) is 1.22. The third-order valence-corrected chi connectivity index (χ3v) is 5.12. The number of aryl methyl sites for hydroxylation is 1. The molecule has 0 radical (unpaired) electrons. The number of anilines is 1. The zero-order valence-electron chi connectivity index (χ0n) is 15.3. The topological polar surface area (TPSA) is 38.3 Å². The van der Waals surface area contributed by atoms with E-state index in [-0.39, 0.29) is 5.91 Å². The number of rotatable bonds is 6. The summed E-state index contributed by atoms with van der Waals surface area (Å²) >= 11 is 1.43. The molecule has 3 nitrogen and oxygen atoms in total. The number of amides is 1. The Morgan fingerprint density at radius 2 is 1.77 bits per heavy atom. The largest absolute Gasteiger partial charge is 0.489 e. The van der Waals surface area contributed by atoms with Gasteiger partial charge in [-0.2, -0.15) is 0 Å². The molecule has 0 saturated heterocycles. The number of hydrogen-bond acceptors (Lipinski definition) is 3. The predicted octanol–water partition coefficient (Wildman–Crippen LogP) is 6.01. The van der Waals surface area contributed by atoms with E-state index >= 15 is 0 Å². The van der Waals surface area contributed by atoms with Gasteiger partial charge in [0.05, 0.1) is 4.88 Å². The second-order valence-corrected chi connectivity index (χ2v) is 7.56. The van der Waals surface area contributed by atoms with Crippen molar-refractivity contribution in [1.29, 1.82) is 0 Å². The smallest absolute Gasteiger partial charge is 0.265 e. The van der Waals surface area contributed by atoms with Gasteiger partial charge in [-0.05, 0) is 54.1 Å². The van der Waals surface area contributed by atoms with E-state index in [0.717, 1.165) is 17.0 Å². The molecule has 0 saturated carbocycles. The van der Waals surface area contributed by atoms with Crippen molar-refractivity contribution in [3.05, 3.63) is 81.5 Å². The highest BCUT2D eigenvalue weighted by Crippen LogP contribution is 2.21. The molecule has 0 bridgehead atoms. The minimum atomic E-state index is -0.0890. The van der Waals surface area contributed by atoms with Crippen LogP contribution in [0.1, 0.15) is 46.1 Å². The van der Waals surface area contributed by atoms with Gasteiger partial charge in [0.25, 0.3) is 5.91 Å². The Kier molecular flexibility index (Phi) is 5.74. The third kappa shape index (κ3) is 4.73. The number of hydrogen-bond donors (Lipinski definition) is 1. The van der Waals surface area contributed by atoms with E-state index in [1.165, 1.54) is 22.5 Å². The van der Waals surface area contributed by atoms with Crippen molar-refractivity contribution in [1.82, 2.24) is 0 Å². The standard InChI is InChI=1S/C22H23NO2S/c1-15(2)18-6-8-19(9-7-18)23-22(24)21-12-17(14-26-21)13-25-20-10-4-16(3)5-11-20/h4-12,14-15H,13H2,1-3H3,(H,23,24). The average molecular weight is 365 g/mol. The summed E-state index contributed by atoms with van der Waals surface area (Å²) < 4.78 is 5.77. The van der Waals surface area contributed by atoms with Crippen molar-refractivity contribution in [3.63, 3.8) is 0 Å². The molecule has 1 amide bonds. The first-order valence-electron chi connectivity index (χ1n) is 8.69. The minimum absolute atomic E-state index is 0.0890. The first-order valence-corrected chi connectivity index (χ1v) is 9.57. The second kappa shape index (κ2) is 8.19. The van der Waals surface area contributed by atoms with Gasteiger partial charge in [0, 0.05) is 11.3 Å². The summed E-state index contributed by atoms with van der Waals surface area (Å²) in [7, 11) is 0. The van der Waals surface area contributed by atoms with Gasteiger partial charge in [-0.3, -0.25) is 4.79 Å². The maximum atomic E-state index is 12.4. The summed E-state index contributed by atoms with van der Waals surface area (Å²) in [5.41, 5.74) is 4.27. The number of benzene rings is 2. The molecule has 2 aromatic carbocycles. The van der Waals surface area contributed by atoms with Crippen LogP contribution in [0.5, 0.6) is 5.75 Å². The Labute approximate surface area is 158 Å². The van der Waals surface area contributed by atoms with E-state index in [1.54, 1.807) is 0 Å². The fraction of sp³-hybridized carbons (Fsp3) is 0.227. The first-order chi connectivity index (χ1) is 12.5. The van der Waals surface area contributed by atoms with Crippen molar-refractivity contribution in [2.75, 3.05) is 5.32 Å². The van der Waals surface area contributed by atoms with Crippen molar-refractivity contribution in [3.8, 4) is 5.75 Å². The fourth-order valence-corrected chi connectivity index (χ4v) is 3.31. The molecule has 0 aliphatic heterocycles. The van der Waals surface area contributed by atoms with E-state index in [9.17, 15) is 4.79 Å². The lowest BCUT2D eigenvalue weighted by Gasteiger charge is -2.07. The average Bonchev–Trinajstić information content (AvgIpc) is 3.11. The van der Waals surface area contributed by atoms with Gasteiger partial charge in [0.1, 0.15) is 12.4 Å². The third-order valence-electron chi connectivity index (χ3n) is 4.14. The van der Waals surface area contributed by atoms with Gasteiger partial charge in [-0.1, -0.05) is 43.7 Å². The molecule has 1 N–H and O–H groups in total. The maximum Gasteiger partial charge on any atom is 0.265 e. The molecular formula is C22H23NO2S. The number of carbonyl (C=O) groups excluding carboxylic acids is 1. The molecule has 1 aromatic heterocycles. The number of thiophene rings is 1. The summed E-state index contributed by atoms with van der Waals surface area (Å²) in [6.07, 6.45) is 0. The lowest BCUT2D eigenvalue weighted by atomic mass is 10.0. The van der Waals surface area contributed by atoms with Crippen LogP contribution < -0.4 is 10.1 Å². The predicted molar refractivity (Wildman–Crippen MR) is 108 cm³/mol. The summed E-state index contributed by atoms with van der Waals surface area (Å²) in [4.78, 5) is 13.1. The molecule has 3 rings (SSSR count). The molecule has 0 spiro atoms. The van der Waals surface area contributed by atoms with Gasteiger partial charge in [0.2, 0.25) is 0 Å². The summed E-state index contributed by atoms with van der Waals surface area (Å²) in [5, 5.41) is 4.91. The van der Waals surface area contributed by atoms with E-state index < -0.39 is 0 Å². The SMILES string of the molecule is Cc1ccc(OCc2csc(C(=O)Nc3ccc(C(C)C)cc3)c2)cc1.